The van der Waals surface area contributed by atoms with Crippen LogP contribution < -0.4 is 11.2 Å². The van der Waals surface area contributed by atoms with Crippen LogP contribution in [0.5, 0.6) is 0 Å². The number of hydrazine groups is 1. The van der Waals surface area contributed by atoms with Gasteiger partial charge in [-0.05, 0) is 36.8 Å². The van der Waals surface area contributed by atoms with Crippen LogP contribution >= 0.6 is 0 Å². The van der Waals surface area contributed by atoms with Gasteiger partial charge in [-0.25, -0.2) is 15.4 Å². The lowest BCUT2D eigenvalue weighted by atomic mass is 9.62. The van der Waals surface area contributed by atoms with Crippen molar-refractivity contribution in [3.8, 4) is 11.1 Å². The second-order valence-corrected chi connectivity index (χ2v) is 9.25. The van der Waals surface area contributed by atoms with E-state index in [-0.39, 0.29) is 11.4 Å². The van der Waals surface area contributed by atoms with E-state index in [0.29, 0.717) is 24.4 Å². The molecule has 170 valence electrons. The van der Waals surface area contributed by atoms with Gasteiger partial charge in [-0.3, -0.25) is 0 Å². The zero-order valence-electron chi connectivity index (χ0n) is 18.6. The van der Waals surface area contributed by atoms with Gasteiger partial charge in [0.1, 0.15) is 0 Å². The van der Waals surface area contributed by atoms with Crippen LogP contribution in [0.25, 0.3) is 16.7 Å². The molecule has 3 N–H and O–H groups in total. The van der Waals surface area contributed by atoms with E-state index in [1.165, 1.54) is 12.0 Å². The van der Waals surface area contributed by atoms with Crippen molar-refractivity contribution in [1.29, 1.82) is 0 Å². The maximum Gasteiger partial charge on any atom is 0.256 e. The average Bonchev–Trinajstić information content (AvgIpc) is 3.42. The Labute approximate surface area is 192 Å². The lowest BCUT2D eigenvalue weighted by Crippen LogP contribution is -2.50. The fourth-order valence-corrected chi connectivity index (χ4v) is 4.78. The summed E-state index contributed by atoms with van der Waals surface area (Å²) in [5, 5.41) is 6.57. The first-order chi connectivity index (χ1) is 16.1. The third-order valence-corrected chi connectivity index (χ3v) is 7.34. The van der Waals surface area contributed by atoms with Crippen molar-refractivity contribution in [3.63, 3.8) is 0 Å². The predicted molar refractivity (Wildman–Crippen MR) is 122 cm³/mol. The highest BCUT2D eigenvalue weighted by molar-refractivity contribution is 5.63. The van der Waals surface area contributed by atoms with Crippen LogP contribution in [-0.4, -0.2) is 50.9 Å². The number of benzene rings is 1. The molecule has 1 saturated carbocycles. The fourth-order valence-electron chi connectivity index (χ4n) is 4.78. The predicted octanol–water partition coefficient (Wildman–Crippen LogP) is 2.77. The second kappa shape index (κ2) is 7.93. The van der Waals surface area contributed by atoms with Crippen LogP contribution in [0.3, 0.4) is 0 Å². The smallest absolute Gasteiger partial charge is 0.256 e. The number of hydrogen-bond donors (Lipinski definition) is 2. The summed E-state index contributed by atoms with van der Waals surface area (Å²) < 4.78 is 11.1. The zero-order valence-corrected chi connectivity index (χ0v) is 18.6. The summed E-state index contributed by atoms with van der Waals surface area (Å²) >= 11 is 0. The number of aromatic nitrogens is 4. The molecule has 4 heterocycles. The Kier molecular flexibility index (Phi) is 4.88. The van der Waals surface area contributed by atoms with Gasteiger partial charge in [0.15, 0.2) is 5.82 Å². The molecule has 33 heavy (non-hydrogen) atoms. The van der Waals surface area contributed by atoms with Crippen LogP contribution in [-0.2, 0) is 10.2 Å². The lowest BCUT2D eigenvalue weighted by molar-refractivity contribution is -0.0597. The highest BCUT2D eigenvalue weighted by atomic mass is 16.5. The lowest BCUT2D eigenvalue weighted by Gasteiger charge is -2.41. The molecular formula is C24H27N7O2. The SMILES string of the molecule is C[C@@](c1ccc(-c2cnc(N)nc2)cc1)(c1noc(C2=CN(C3COC3)NC2)n1)C1CCC1. The van der Waals surface area contributed by atoms with Gasteiger partial charge in [0.2, 0.25) is 5.95 Å². The molecule has 1 aliphatic carbocycles. The van der Waals surface area contributed by atoms with E-state index in [2.05, 4.69) is 62.9 Å². The minimum Gasteiger partial charge on any atom is -0.377 e. The van der Waals surface area contributed by atoms with Gasteiger partial charge in [0.25, 0.3) is 5.89 Å². The normalized spacial score (nSPS) is 20.8. The molecule has 2 aliphatic heterocycles. The highest BCUT2D eigenvalue weighted by Crippen LogP contribution is 2.47. The number of rotatable bonds is 6. The van der Waals surface area contributed by atoms with Crippen LogP contribution in [0.15, 0.2) is 47.4 Å². The topological polar surface area (TPSA) is 115 Å². The maximum absolute atomic E-state index is 5.76. The molecule has 6 rings (SSSR count). The monoisotopic (exact) mass is 445 g/mol. The molecule has 3 aliphatic rings. The van der Waals surface area contributed by atoms with Gasteiger partial charge >= 0.3 is 0 Å². The summed E-state index contributed by atoms with van der Waals surface area (Å²) in [6.45, 7) is 4.40. The maximum atomic E-state index is 5.76. The quantitative estimate of drug-likeness (QED) is 0.591. The molecule has 2 aromatic heterocycles. The molecule has 2 fully saturated rings. The average molecular weight is 446 g/mol. The van der Waals surface area contributed by atoms with E-state index in [4.69, 9.17) is 20.0 Å². The third kappa shape index (κ3) is 3.48. The molecule has 0 unspecified atom stereocenters. The van der Waals surface area contributed by atoms with E-state index >= 15 is 0 Å². The molecule has 9 heteroatoms. The van der Waals surface area contributed by atoms with E-state index < -0.39 is 0 Å². The number of nitrogens with two attached hydrogens (primary N) is 1. The van der Waals surface area contributed by atoms with Gasteiger partial charge in [-0.1, -0.05) is 35.8 Å². The molecule has 1 aromatic carbocycles. The number of nitrogens with one attached hydrogen (secondary N) is 1. The summed E-state index contributed by atoms with van der Waals surface area (Å²) in [6.07, 6.45) is 9.11. The number of ether oxygens (including phenoxy) is 1. The van der Waals surface area contributed by atoms with Crippen molar-refractivity contribution in [2.75, 3.05) is 25.5 Å². The molecule has 0 spiro atoms. The van der Waals surface area contributed by atoms with E-state index in [1.54, 1.807) is 12.4 Å². The first-order valence-corrected chi connectivity index (χ1v) is 11.4. The largest absolute Gasteiger partial charge is 0.377 e. The van der Waals surface area contributed by atoms with Crippen LogP contribution in [0, 0.1) is 5.92 Å². The summed E-state index contributed by atoms with van der Waals surface area (Å²) in [7, 11) is 0. The van der Waals surface area contributed by atoms with Gasteiger partial charge in [0, 0.05) is 30.7 Å². The summed E-state index contributed by atoms with van der Waals surface area (Å²) in [5.41, 5.74) is 12.9. The molecular weight excluding hydrogens is 418 g/mol. The van der Waals surface area contributed by atoms with Crippen molar-refractivity contribution in [3.05, 3.63) is 60.1 Å². The third-order valence-electron chi connectivity index (χ3n) is 7.34. The van der Waals surface area contributed by atoms with Crippen molar-refractivity contribution < 1.29 is 9.26 Å². The molecule has 3 aromatic rings. The minimum absolute atomic E-state index is 0.276. The number of anilines is 1. The van der Waals surface area contributed by atoms with E-state index in [1.807, 2.05) is 0 Å². The summed E-state index contributed by atoms with van der Waals surface area (Å²) in [6, 6.07) is 8.90. The Morgan fingerprint density at radius 1 is 1.09 bits per heavy atom. The summed E-state index contributed by atoms with van der Waals surface area (Å²) in [4.78, 5) is 13.1. The Morgan fingerprint density at radius 3 is 2.48 bits per heavy atom. The van der Waals surface area contributed by atoms with Crippen molar-refractivity contribution >= 4 is 11.5 Å². The Balaban J connectivity index is 1.30. The van der Waals surface area contributed by atoms with Crippen molar-refractivity contribution in [1.82, 2.24) is 30.5 Å². The molecule has 1 saturated heterocycles. The number of hydrogen-bond acceptors (Lipinski definition) is 9. The van der Waals surface area contributed by atoms with Crippen LogP contribution in [0.4, 0.5) is 5.95 Å². The standard InChI is InChI=1S/C24H27N7O2/c1-24(18-3-2-4-18,19-7-5-15(6-8-19)16-9-26-23(25)27-10-16)22-29-21(33-30-22)17-11-28-31(12-17)20-13-32-14-20/h5-10,12,18,20,28H,2-4,11,13-14H2,1H3,(H2,25,26,27)/t24-/m1/s1. The number of nitrogens with zero attached hydrogens (tertiary/aromatic N) is 5. The molecule has 0 radical (unpaired) electrons. The van der Waals surface area contributed by atoms with Crippen molar-refractivity contribution in [2.45, 2.75) is 37.6 Å². The molecule has 1 atom stereocenters. The zero-order chi connectivity index (χ0) is 22.4. The fraction of sp³-hybridized carbons (Fsp3) is 0.417. The van der Waals surface area contributed by atoms with Gasteiger partial charge in [-0.15, -0.1) is 0 Å². The number of nitrogen functional groups attached to an aromatic ring is 1. The van der Waals surface area contributed by atoms with Crippen LogP contribution in [0.1, 0.15) is 43.5 Å². The Hall–Kier alpha value is -3.30. The van der Waals surface area contributed by atoms with Gasteiger partial charge in [-0.2, -0.15) is 4.98 Å². The Morgan fingerprint density at radius 2 is 1.85 bits per heavy atom. The highest BCUT2D eigenvalue weighted by Gasteiger charge is 2.44. The molecule has 0 bridgehead atoms. The van der Waals surface area contributed by atoms with Crippen LogP contribution in [0.2, 0.25) is 0 Å². The van der Waals surface area contributed by atoms with Gasteiger partial charge < -0.3 is 20.0 Å². The second-order valence-electron chi connectivity index (χ2n) is 9.25. The summed E-state index contributed by atoms with van der Waals surface area (Å²) in [5.74, 6) is 2.09. The van der Waals surface area contributed by atoms with Crippen molar-refractivity contribution in [2.24, 2.45) is 5.92 Å². The minimum atomic E-state index is -0.315. The van der Waals surface area contributed by atoms with E-state index in [9.17, 15) is 0 Å². The first-order valence-electron chi connectivity index (χ1n) is 11.4. The molecule has 0 amide bonds. The Bertz CT molecular complexity index is 1170. The van der Waals surface area contributed by atoms with Gasteiger partial charge in [0.05, 0.1) is 30.2 Å². The first kappa shape index (κ1) is 20.3. The molecule has 9 nitrogen and oxygen atoms in total. The van der Waals surface area contributed by atoms with E-state index in [0.717, 1.165) is 48.6 Å².